The number of aliphatic carboxylic acids is 1. The lowest BCUT2D eigenvalue weighted by Gasteiger charge is -2.37. The summed E-state index contributed by atoms with van der Waals surface area (Å²) < 4.78 is 5.62. The van der Waals surface area contributed by atoms with Gasteiger partial charge in [0.05, 0.1) is 11.5 Å². The van der Waals surface area contributed by atoms with E-state index in [1.165, 1.54) is 0 Å². The maximum Gasteiger partial charge on any atom is 0.327 e. The van der Waals surface area contributed by atoms with Crippen LogP contribution >= 0.6 is 11.8 Å². The van der Waals surface area contributed by atoms with Gasteiger partial charge in [0.25, 0.3) is 0 Å². The van der Waals surface area contributed by atoms with E-state index in [1.54, 1.807) is 21.6 Å². The Kier molecular flexibility index (Phi) is 5.75. The van der Waals surface area contributed by atoms with Gasteiger partial charge in [0.15, 0.2) is 0 Å². The second-order valence-electron chi connectivity index (χ2n) is 5.41. The van der Waals surface area contributed by atoms with E-state index in [0.29, 0.717) is 25.4 Å². The molecule has 7 heteroatoms. The fourth-order valence-corrected chi connectivity index (χ4v) is 4.31. The SMILES string of the molecule is CCOC1CCCN(C(=O)N2C(CC)SCC2C(=O)O)C1. The fourth-order valence-electron chi connectivity index (χ4n) is 2.97. The van der Waals surface area contributed by atoms with Crippen LogP contribution in [0, 0.1) is 0 Å². The minimum atomic E-state index is -0.912. The minimum absolute atomic E-state index is 0.0360. The Labute approximate surface area is 129 Å². The van der Waals surface area contributed by atoms with Crippen molar-refractivity contribution in [2.24, 2.45) is 0 Å². The summed E-state index contributed by atoms with van der Waals surface area (Å²) >= 11 is 1.56. The van der Waals surface area contributed by atoms with Crippen LogP contribution in [0.2, 0.25) is 0 Å². The average Bonchev–Trinajstić information content (AvgIpc) is 2.91. The van der Waals surface area contributed by atoms with Gasteiger partial charge >= 0.3 is 12.0 Å². The molecule has 1 N–H and O–H groups in total. The van der Waals surface area contributed by atoms with Crippen LogP contribution in [-0.2, 0) is 9.53 Å². The molecule has 2 saturated heterocycles. The number of carbonyl (C=O) groups excluding carboxylic acids is 1. The maximum absolute atomic E-state index is 12.8. The molecule has 0 saturated carbocycles. The molecule has 0 radical (unpaired) electrons. The van der Waals surface area contributed by atoms with Gasteiger partial charge < -0.3 is 14.7 Å². The first kappa shape index (κ1) is 16.4. The highest BCUT2D eigenvalue weighted by atomic mass is 32.2. The summed E-state index contributed by atoms with van der Waals surface area (Å²) in [5.41, 5.74) is 0. The van der Waals surface area contributed by atoms with Crippen LogP contribution in [0.5, 0.6) is 0 Å². The van der Waals surface area contributed by atoms with Crippen molar-refractivity contribution < 1.29 is 19.4 Å². The third-order valence-electron chi connectivity index (χ3n) is 4.00. The van der Waals surface area contributed by atoms with E-state index in [0.717, 1.165) is 19.3 Å². The first-order chi connectivity index (χ1) is 10.1. The minimum Gasteiger partial charge on any atom is -0.480 e. The third-order valence-corrected chi connectivity index (χ3v) is 5.45. The van der Waals surface area contributed by atoms with Gasteiger partial charge in [-0.3, -0.25) is 4.90 Å². The molecule has 2 heterocycles. The summed E-state index contributed by atoms with van der Waals surface area (Å²) in [4.78, 5) is 27.4. The number of hydrogen-bond acceptors (Lipinski definition) is 4. The molecule has 0 aromatic carbocycles. The molecule has 0 spiro atoms. The van der Waals surface area contributed by atoms with E-state index < -0.39 is 12.0 Å². The number of rotatable bonds is 4. The van der Waals surface area contributed by atoms with Crippen molar-refractivity contribution in [3.05, 3.63) is 0 Å². The highest BCUT2D eigenvalue weighted by Gasteiger charge is 2.43. The fraction of sp³-hybridized carbons (Fsp3) is 0.857. The van der Waals surface area contributed by atoms with E-state index in [1.807, 2.05) is 13.8 Å². The lowest BCUT2D eigenvalue weighted by Crippen LogP contribution is -2.54. The van der Waals surface area contributed by atoms with Gasteiger partial charge in [-0.2, -0.15) is 0 Å². The molecule has 3 atom stereocenters. The zero-order valence-electron chi connectivity index (χ0n) is 12.7. The molecule has 21 heavy (non-hydrogen) atoms. The second-order valence-corrected chi connectivity index (χ2v) is 6.62. The van der Waals surface area contributed by atoms with E-state index in [4.69, 9.17) is 4.74 Å². The quantitative estimate of drug-likeness (QED) is 0.857. The molecular formula is C14H24N2O4S. The Balaban J connectivity index is 2.07. The number of urea groups is 1. The van der Waals surface area contributed by atoms with Crippen LogP contribution in [-0.4, -0.2) is 69.9 Å². The number of carbonyl (C=O) groups is 2. The normalized spacial score (nSPS) is 29.7. The molecule has 3 unspecified atom stereocenters. The first-order valence-electron chi connectivity index (χ1n) is 7.61. The monoisotopic (exact) mass is 316 g/mol. The first-order valence-corrected chi connectivity index (χ1v) is 8.66. The Hall–Kier alpha value is -0.950. The Morgan fingerprint density at radius 1 is 1.38 bits per heavy atom. The van der Waals surface area contributed by atoms with Gasteiger partial charge in [0, 0.05) is 25.4 Å². The summed E-state index contributed by atoms with van der Waals surface area (Å²) in [5.74, 6) is -0.437. The molecule has 0 aliphatic carbocycles. The van der Waals surface area contributed by atoms with Crippen LogP contribution in [0.3, 0.4) is 0 Å². The predicted octanol–water partition coefficient (Wildman–Crippen LogP) is 1.85. The molecule has 120 valence electrons. The summed E-state index contributed by atoms with van der Waals surface area (Å²) in [6.45, 7) is 5.83. The van der Waals surface area contributed by atoms with Crippen molar-refractivity contribution in [3.8, 4) is 0 Å². The number of nitrogens with zero attached hydrogens (tertiary/aromatic N) is 2. The molecule has 2 fully saturated rings. The number of carboxylic acids is 1. The molecule has 0 aromatic heterocycles. The van der Waals surface area contributed by atoms with Gasteiger partial charge in [-0.05, 0) is 26.2 Å². The zero-order valence-corrected chi connectivity index (χ0v) is 13.5. The van der Waals surface area contributed by atoms with E-state index >= 15 is 0 Å². The van der Waals surface area contributed by atoms with Crippen LogP contribution in [0.1, 0.15) is 33.1 Å². The van der Waals surface area contributed by atoms with Gasteiger partial charge in [-0.25, -0.2) is 9.59 Å². The van der Waals surface area contributed by atoms with Crippen molar-refractivity contribution in [2.75, 3.05) is 25.4 Å². The summed E-state index contributed by atoms with van der Waals surface area (Å²) in [6, 6.07) is -0.858. The van der Waals surface area contributed by atoms with Gasteiger partial charge in [-0.15, -0.1) is 11.8 Å². The van der Waals surface area contributed by atoms with Gasteiger partial charge in [0.1, 0.15) is 6.04 Å². The summed E-state index contributed by atoms with van der Waals surface area (Å²) in [5, 5.41) is 9.29. The number of thioether (sulfide) groups is 1. The van der Waals surface area contributed by atoms with Crippen molar-refractivity contribution in [2.45, 2.75) is 50.6 Å². The number of likely N-dealkylation sites (tertiary alicyclic amines) is 1. The highest BCUT2D eigenvalue weighted by molar-refractivity contribution is 8.00. The Morgan fingerprint density at radius 3 is 2.76 bits per heavy atom. The number of ether oxygens (including phenoxy) is 1. The molecule has 2 amide bonds. The lowest BCUT2D eigenvalue weighted by molar-refractivity contribution is -0.141. The van der Waals surface area contributed by atoms with Crippen LogP contribution < -0.4 is 0 Å². The van der Waals surface area contributed by atoms with Crippen molar-refractivity contribution in [3.63, 3.8) is 0 Å². The predicted molar refractivity (Wildman–Crippen MR) is 81.4 cm³/mol. The summed E-state index contributed by atoms with van der Waals surface area (Å²) in [7, 11) is 0. The van der Waals surface area contributed by atoms with Gasteiger partial charge in [0.2, 0.25) is 0 Å². The number of hydrogen-bond donors (Lipinski definition) is 1. The molecule has 6 nitrogen and oxygen atoms in total. The molecule has 0 aromatic rings. The number of piperidine rings is 1. The molecule has 2 rings (SSSR count). The van der Waals surface area contributed by atoms with Crippen molar-refractivity contribution in [1.82, 2.24) is 9.80 Å². The van der Waals surface area contributed by atoms with E-state index in [9.17, 15) is 14.7 Å². The molecular weight excluding hydrogens is 292 g/mol. The smallest absolute Gasteiger partial charge is 0.327 e. The second kappa shape index (κ2) is 7.35. The number of carboxylic acid groups (broad SMARTS) is 1. The topological polar surface area (TPSA) is 70.1 Å². The standard InChI is InChI=1S/C14H24N2O4S/c1-3-12-16(11(9-21-12)13(17)18)14(19)15-7-5-6-10(8-15)20-4-2/h10-12H,3-9H2,1-2H3,(H,17,18). The van der Waals surface area contributed by atoms with Crippen LogP contribution in [0.25, 0.3) is 0 Å². The van der Waals surface area contributed by atoms with Crippen molar-refractivity contribution in [1.29, 1.82) is 0 Å². The number of amides is 2. The van der Waals surface area contributed by atoms with Crippen LogP contribution in [0.4, 0.5) is 4.79 Å². The van der Waals surface area contributed by atoms with E-state index in [2.05, 4.69) is 0 Å². The summed E-state index contributed by atoms with van der Waals surface area (Å²) in [6.07, 6.45) is 2.71. The third kappa shape index (κ3) is 3.63. The van der Waals surface area contributed by atoms with Crippen molar-refractivity contribution >= 4 is 23.8 Å². The highest BCUT2D eigenvalue weighted by Crippen LogP contribution is 2.32. The Bertz CT molecular complexity index is 391. The maximum atomic E-state index is 12.8. The molecule has 2 aliphatic rings. The average molecular weight is 316 g/mol. The molecule has 0 bridgehead atoms. The van der Waals surface area contributed by atoms with Gasteiger partial charge in [-0.1, -0.05) is 6.92 Å². The zero-order chi connectivity index (χ0) is 15.4. The van der Waals surface area contributed by atoms with Crippen LogP contribution in [0.15, 0.2) is 0 Å². The lowest BCUT2D eigenvalue weighted by atomic mass is 10.1. The molecule has 2 aliphatic heterocycles. The van der Waals surface area contributed by atoms with E-state index in [-0.39, 0.29) is 17.5 Å². The Morgan fingerprint density at radius 2 is 2.14 bits per heavy atom. The largest absolute Gasteiger partial charge is 0.480 e.